The maximum Gasteiger partial charge on any atom is 0.337 e. The summed E-state index contributed by atoms with van der Waals surface area (Å²) in [5, 5.41) is 21.9. The summed E-state index contributed by atoms with van der Waals surface area (Å²) in [6.07, 6.45) is 0.168. The molecule has 100 valence electrons. The van der Waals surface area contributed by atoms with Crippen LogP contribution in [-0.2, 0) is 0 Å². The van der Waals surface area contributed by atoms with Crippen molar-refractivity contribution in [3.8, 4) is 0 Å². The molecule has 0 spiro atoms. The Kier molecular flexibility index (Phi) is 4.73. The normalized spacial score (nSPS) is 13.1. The zero-order valence-electron chi connectivity index (χ0n) is 11.1. The molecule has 0 aliphatic carbocycles. The van der Waals surface area contributed by atoms with E-state index in [4.69, 9.17) is 5.11 Å². The van der Waals surface area contributed by atoms with E-state index in [9.17, 15) is 9.90 Å². The lowest BCUT2D eigenvalue weighted by molar-refractivity contribution is 0.0697. The lowest BCUT2D eigenvalue weighted by atomic mass is 9.89. The number of hydrogen-bond donors (Lipinski definition) is 3. The van der Waals surface area contributed by atoms with Crippen LogP contribution in [0.3, 0.4) is 0 Å². The molecule has 0 saturated carbocycles. The Morgan fingerprint density at radius 1 is 1.33 bits per heavy atom. The maximum absolute atomic E-state index is 11.0. The van der Waals surface area contributed by atoms with Gasteiger partial charge in [-0.3, -0.25) is 0 Å². The molecule has 18 heavy (non-hydrogen) atoms. The van der Waals surface area contributed by atoms with Gasteiger partial charge in [0.15, 0.2) is 0 Å². The molecule has 0 heterocycles. The van der Waals surface area contributed by atoms with Crippen molar-refractivity contribution in [2.75, 3.05) is 11.9 Å². The van der Waals surface area contributed by atoms with Crippen molar-refractivity contribution < 1.29 is 15.0 Å². The van der Waals surface area contributed by atoms with Crippen LogP contribution in [-0.4, -0.2) is 28.8 Å². The van der Waals surface area contributed by atoms with Gasteiger partial charge in [0.1, 0.15) is 0 Å². The van der Waals surface area contributed by atoms with Gasteiger partial charge < -0.3 is 15.5 Å². The first-order valence-corrected chi connectivity index (χ1v) is 6.04. The van der Waals surface area contributed by atoms with E-state index in [0.717, 1.165) is 0 Å². The number of para-hydroxylation sites is 1. The molecule has 3 N–H and O–H groups in total. The number of benzene rings is 1. The molecule has 1 aromatic rings. The van der Waals surface area contributed by atoms with Crippen molar-refractivity contribution in [1.82, 2.24) is 0 Å². The summed E-state index contributed by atoms with van der Waals surface area (Å²) >= 11 is 0. The Hall–Kier alpha value is -1.55. The summed E-state index contributed by atoms with van der Waals surface area (Å²) in [6, 6.07) is 6.69. The fraction of sp³-hybridized carbons (Fsp3) is 0.500. The molecular formula is C14H21NO3. The topological polar surface area (TPSA) is 69.6 Å². The molecule has 0 fully saturated rings. The summed E-state index contributed by atoms with van der Waals surface area (Å²) in [5.74, 6) is -0.969. The molecule has 0 amide bonds. The molecule has 0 aliphatic rings. The van der Waals surface area contributed by atoms with E-state index in [1.165, 1.54) is 0 Å². The molecule has 1 aromatic carbocycles. The number of rotatable bonds is 5. The fourth-order valence-corrected chi connectivity index (χ4v) is 1.83. The van der Waals surface area contributed by atoms with E-state index in [0.29, 0.717) is 18.7 Å². The van der Waals surface area contributed by atoms with Crippen LogP contribution in [0.4, 0.5) is 5.69 Å². The third-order valence-electron chi connectivity index (χ3n) is 2.53. The molecule has 0 bridgehead atoms. The highest BCUT2D eigenvalue weighted by Crippen LogP contribution is 2.21. The number of aliphatic hydroxyl groups excluding tert-OH is 1. The van der Waals surface area contributed by atoms with Crippen LogP contribution in [0.2, 0.25) is 0 Å². The second kappa shape index (κ2) is 5.87. The van der Waals surface area contributed by atoms with Crippen molar-refractivity contribution in [2.45, 2.75) is 33.3 Å². The molecule has 1 atom stereocenters. The molecule has 1 rings (SSSR count). The first-order valence-electron chi connectivity index (χ1n) is 6.04. The minimum atomic E-state index is -0.969. The average molecular weight is 251 g/mol. The number of aliphatic hydroxyl groups is 1. The Labute approximate surface area is 108 Å². The average Bonchev–Trinajstić information content (AvgIpc) is 2.24. The van der Waals surface area contributed by atoms with Crippen molar-refractivity contribution >= 4 is 11.7 Å². The Morgan fingerprint density at radius 2 is 1.94 bits per heavy atom. The van der Waals surface area contributed by atoms with Crippen LogP contribution in [0.1, 0.15) is 37.6 Å². The van der Waals surface area contributed by atoms with Crippen LogP contribution in [0.25, 0.3) is 0 Å². The van der Waals surface area contributed by atoms with Gasteiger partial charge in [-0.05, 0) is 24.0 Å². The van der Waals surface area contributed by atoms with Crippen LogP contribution >= 0.6 is 0 Å². The van der Waals surface area contributed by atoms with Crippen LogP contribution in [0, 0.1) is 5.41 Å². The fourth-order valence-electron chi connectivity index (χ4n) is 1.83. The first kappa shape index (κ1) is 14.5. The van der Waals surface area contributed by atoms with E-state index in [1.54, 1.807) is 24.3 Å². The Bertz CT molecular complexity index is 410. The Balaban J connectivity index is 2.61. The monoisotopic (exact) mass is 251 g/mol. The molecule has 4 heteroatoms. The van der Waals surface area contributed by atoms with Gasteiger partial charge in [0.05, 0.1) is 11.7 Å². The lowest BCUT2D eigenvalue weighted by Gasteiger charge is -2.23. The molecule has 4 nitrogen and oxygen atoms in total. The maximum atomic E-state index is 11.0. The highest BCUT2D eigenvalue weighted by molar-refractivity contribution is 5.94. The minimum absolute atomic E-state index is 0.0490. The van der Waals surface area contributed by atoms with Gasteiger partial charge in [0.25, 0.3) is 0 Å². The van der Waals surface area contributed by atoms with Gasteiger partial charge in [-0.2, -0.15) is 0 Å². The van der Waals surface area contributed by atoms with Gasteiger partial charge in [0.2, 0.25) is 0 Å². The quantitative estimate of drug-likeness (QED) is 0.752. The third-order valence-corrected chi connectivity index (χ3v) is 2.53. The highest BCUT2D eigenvalue weighted by atomic mass is 16.4. The number of carbonyl (C=O) groups is 1. The standard InChI is InChI=1S/C14H21NO3/c1-14(2,3)8-10(16)9-15-12-7-5-4-6-11(12)13(17)18/h4-7,10,15-16H,8-9H2,1-3H3,(H,17,18). The summed E-state index contributed by atoms with van der Waals surface area (Å²) < 4.78 is 0. The predicted octanol–water partition coefficient (Wildman–Crippen LogP) is 2.59. The lowest BCUT2D eigenvalue weighted by Crippen LogP contribution is -2.25. The van der Waals surface area contributed by atoms with Gasteiger partial charge in [-0.15, -0.1) is 0 Å². The van der Waals surface area contributed by atoms with E-state index < -0.39 is 12.1 Å². The number of carboxylic acid groups (broad SMARTS) is 1. The molecular weight excluding hydrogens is 230 g/mol. The second-order valence-electron chi connectivity index (χ2n) is 5.65. The second-order valence-corrected chi connectivity index (χ2v) is 5.65. The molecule has 0 aromatic heterocycles. The summed E-state index contributed by atoms with van der Waals surface area (Å²) in [7, 11) is 0. The van der Waals surface area contributed by atoms with Gasteiger partial charge in [-0.1, -0.05) is 32.9 Å². The molecule has 0 aliphatic heterocycles. The van der Waals surface area contributed by atoms with Crippen molar-refractivity contribution in [3.63, 3.8) is 0 Å². The zero-order valence-corrected chi connectivity index (χ0v) is 11.1. The predicted molar refractivity (Wildman–Crippen MR) is 72.0 cm³/mol. The minimum Gasteiger partial charge on any atom is -0.478 e. The Morgan fingerprint density at radius 3 is 2.50 bits per heavy atom. The number of aromatic carboxylic acids is 1. The van der Waals surface area contributed by atoms with E-state index in [1.807, 2.05) is 0 Å². The third kappa shape index (κ3) is 4.75. The van der Waals surface area contributed by atoms with Gasteiger partial charge in [0, 0.05) is 12.2 Å². The van der Waals surface area contributed by atoms with Crippen molar-refractivity contribution in [2.24, 2.45) is 5.41 Å². The molecule has 1 unspecified atom stereocenters. The summed E-state index contributed by atoms with van der Waals surface area (Å²) in [5.41, 5.74) is 0.811. The summed E-state index contributed by atoms with van der Waals surface area (Å²) in [6.45, 7) is 6.52. The van der Waals surface area contributed by atoms with Crippen molar-refractivity contribution in [3.05, 3.63) is 29.8 Å². The molecule has 0 radical (unpaired) electrons. The number of anilines is 1. The summed E-state index contributed by atoms with van der Waals surface area (Å²) in [4.78, 5) is 11.0. The van der Waals surface area contributed by atoms with Gasteiger partial charge in [-0.25, -0.2) is 4.79 Å². The van der Waals surface area contributed by atoms with Crippen LogP contribution < -0.4 is 5.32 Å². The first-order chi connectivity index (χ1) is 8.29. The number of nitrogens with one attached hydrogen (secondary N) is 1. The van der Waals surface area contributed by atoms with E-state index in [2.05, 4.69) is 26.1 Å². The number of hydrogen-bond acceptors (Lipinski definition) is 3. The van der Waals surface area contributed by atoms with Crippen LogP contribution in [0.5, 0.6) is 0 Å². The van der Waals surface area contributed by atoms with E-state index >= 15 is 0 Å². The van der Waals surface area contributed by atoms with Gasteiger partial charge >= 0.3 is 5.97 Å². The SMILES string of the molecule is CC(C)(C)CC(O)CNc1ccccc1C(=O)O. The van der Waals surface area contributed by atoms with Crippen molar-refractivity contribution in [1.29, 1.82) is 0 Å². The zero-order chi connectivity index (χ0) is 13.8. The largest absolute Gasteiger partial charge is 0.478 e. The molecule has 0 saturated heterocycles. The van der Waals surface area contributed by atoms with Crippen LogP contribution in [0.15, 0.2) is 24.3 Å². The highest BCUT2D eigenvalue weighted by Gasteiger charge is 2.17. The smallest absolute Gasteiger partial charge is 0.337 e. The number of carboxylic acids is 1. The van der Waals surface area contributed by atoms with E-state index in [-0.39, 0.29) is 11.0 Å².